The van der Waals surface area contributed by atoms with Crippen molar-refractivity contribution in [2.45, 2.75) is 191 Å². The van der Waals surface area contributed by atoms with Crippen LogP contribution in [0.3, 0.4) is 0 Å². The number of nitrogens with two attached hydrogens (primary N) is 2. The molecule has 6 N–H and O–H groups in total. The van der Waals surface area contributed by atoms with Crippen molar-refractivity contribution in [1.82, 2.24) is 0 Å². The van der Waals surface area contributed by atoms with Gasteiger partial charge < -0.3 is 30.8 Å². The van der Waals surface area contributed by atoms with Crippen LogP contribution >= 0.6 is 0 Å². The number of hydrogen-bond acceptors (Lipinski definition) is 6. The average Bonchev–Trinajstić information content (AvgIpc) is 3.57. The van der Waals surface area contributed by atoms with Crippen molar-refractivity contribution in [1.29, 1.82) is 0 Å². The summed E-state index contributed by atoms with van der Waals surface area (Å²) in [4.78, 5) is 0. The van der Waals surface area contributed by atoms with Crippen LogP contribution in [0.25, 0.3) is 11.1 Å². The molecule has 6 rings (SSSR count). The maximum absolute atomic E-state index is 7.61. The molecular formula is C58H104B5N2O4. The molecule has 385 valence electrons. The number of nitrogen functional groups attached to an aromatic ring is 2. The molecule has 1 aliphatic rings. The second-order valence-corrected chi connectivity index (χ2v) is 13.5. The van der Waals surface area contributed by atoms with Crippen molar-refractivity contribution in [3.8, 4) is 11.1 Å². The second kappa shape index (κ2) is 58.2. The van der Waals surface area contributed by atoms with Gasteiger partial charge in [0.2, 0.25) is 0 Å². The summed E-state index contributed by atoms with van der Waals surface area (Å²) in [6.45, 7) is 52.1. The molecule has 5 aromatic rings. The van der Waals surface area contributed by atoms with Gasteiger partial charge in [-0.3, -0.25) is 0 Å². The monoisotopic (exact) mass is 948 g/mol. The molecule has 11 heteroatoms. The van der Waals surface area contributed by atoms with Crippen LogP contribution in [0.1, 0.15) is 166 Å². The average molecular weight is 948 g/mol. The quantitative estimate of drug-likeness (QED) is 0.104. The minimum atomic E-state index is -1.17. The normalized spacial score (nSPS) is 10.5. The highest BCUT2D eigenvalue weighted by Crippen LogP contribution is 2.36. The molecule has 5 aromatic carbocycles. The van der Waals surface area contributed by atoms with Crippen molar-refractivity contribution in [2.75, 3.05) is 11.5 Å². The maximum atomic E-state index is 7.61. The van der Waals surface area contributed by atoms with E-state index in [-0.39, 0.29) is 43.6 Å². The Morgan fingerprint density at radius 1 is 0.391 bits per heavy atom. The van der Waals surface area contributed by atoms with E-state index in [1.807, 2.05) is 175 Å². The van der Waals surface area contributed by atoms with E-state index in [1.54, 1.807) is 0 Å². The van der Waals surface area contributed by atoms with E-state index in [9.17, 15) is 0 Å². The Hall–Kier alpha value is -4.14. The number of anilines is 2. The summed E-state index contributed by atoms with van der Waals surface area (Å²) in [7, 11) is -1.47. The second-order valence-electron chi connectivity index (χ2n) is 13.5. The third kappa shape index (κ3) is 42.5. The van der Waals surface area contributed by atoms with Crippen molar-refractivity contribution in [2.24, 2.45) is 0 Å². The van der Waals surface area contributed by atoms with Gasteiger partial charge in [-0.25, -0.2) is 0 Å². The first-order chi connectivity index (χ1) is 31.4. The predicted molar refractivity (Wildman–Crippen MR) is 324 cm³/mol. The first-order valence-corrected chi connectivity index (χ1v) is 25.0. The minimum Gasteiger partial charge on any atom is -0.427 e. The van der Waals surface area contributed by atoms with Crippen LogP contribution in [0.2, 0.25) is 6.82 Å². The Kier molecular flexibility index (Phi) is 74.1. The minimum absolute atomic E-state index is 0. The Morgan fingerprint density at radius 3 is 0.841 bits per heavy atom. The highest BCUT2D eigenvalue weighted by atomic mass is 16.7. The Balaban J connectivity index is -0.0000000753. The first-order valence-electron chi connectivity index (χ1n) is 25.0. The summed E-state index contributed by atoms with van der Waals surface area (Å²) < 4.78 is 11.9. The summed E-state index contributed by atoms with van der Waals surface area (Å²) in [5.74, 6) is 0. The molecule has 0 spiro atoms. The van der Waals surface area contributed by atoms with Gasteiger partial charge in [-0.05, 0) is 138 Å². The van der Waals surface area contributed by atoms with Gasteiger partial charge in [-0.15, -0.1) is 0 Å². The van der Waals surface area contributed by atoms with Crippen molar-refractivity contribution >= 4 is 56.3 Å². The number of benzene rings is 5. The lowest BCUT2D eigenvalue weighted by molar-refractivity contribution is 0.00578. The Bertz CT molecular complexity index is 1640. The van der Waals surface area contributed by atoms with Crippen LogP contribution in [0.5, 0.6) is 0 Å². The van der Waals surface area contributed by atoms with Gasteiger partial charge in [0.15, 0.2) is 0 Å². The zero-order valence-corrected chi connectivity index (χ0v) is 49.3. The van der Waals surface area contributed by atoms with E-state index in [0.717, 1.165) is 16.8 Å². The summed E-state index contributed by atoms with van der Waals surface area (Å²) in [6, 6.07) is 40.6. The van der Waals surface area contributed by atoms with Gasteiger partial charge in [-0.2, -0.15) is 0 Å². The molecule has 69 heavy (non-hydrogen) atoms. The fraction of sp³-hybridized carbons (Fsp3) is 0.483. The van der Waals surface area contributed by atoms with Gasteiger partial charge in [0, 0.05) is 36.6 Å². The van der Waals surface area contributed by atoms with Crippen molar-refractivity contribution in [3.63, 3.8) is 0 Å². The molecule has 9 radical (unpaired) electrons. The Morgan fingerprint density at radius 2 is 0.609 bits per heavy atom. The lowest BCUT2D eigenvalue weighted by Crippen LogP contribution is -2.41. The molecule has 6 nitrogen and oxygen atoms in total. The van der Waals surface area contributed by atoms with E-state index >= 15 is 0 Å². The summed E-state index contributed by atoms with van der Waals surface area (Å²) >= 11 is 0. The lowest BCUT2D eigenvalue weighted by atomic mass is 9.79. The van der Waals surface area contributed by atoms with E-state index < -0.39 is 7.12 Å². The van der Waals surface area contributed by atoms with E-state index in [2.05, 4.69) is 120 Å². The zero-order chi connectivity index (χ0) is 53.5. The fourth-order valence-corrected chi connectivity index (χ4v) is 4.52. The van der Waals surface area contributed by atoms with Crippen LogP contribution in [0.4, 0.5) is 11.4 Å². The molecule has 0 aromatic heterocycles. The number of aryl methyl sites for hydroxylation is 5. The first kappa shape index (κ1) is 87.9. The third-order valence-corrected chi connectivity index (χ3v) is 8.68. The van der Waals surface area contributed by atoms with Gasteiger partial charge in [0.25, 0.3) is 0 Å². The molecule has 0 amide bonds. The fourth-order valence-electron chi connectivity index (χ4n) is 4.52. The summed E-state index contributed by atoms with van der Waals surface area (Å²) in [6.07, 6.45) is 0. The molecule has 0 bridgehead atoms. The molecule has 1 aliphatic heterocycles. The van der Waals surface area contributed by atoms with E-state index in [1.165, 1.54) is 45.8 Å². The maximum Gasteiger partial charge on any atom is 0.494 e. The molecule has 1 fully saturated rings. The zero-order valence-electron chi connectivity index (χ0n) is 49.3. The molecule has 1 heterocycles. The summed E-state index contributed by atoms with van der Waals surface area (Å²) in [5.41, 5.74) is 22.5. The van der Waals surface area contributed by atoms with Gasteiger partial charge in [0.1, 0.15) is 0 Å². The number of rotatable bonds is 2. The van der Waals surface area contributed by atoms with Crippen LogP contribution < -0.4 is 16.9 Å². The highest BCUT2D eigenvalue weighted by Gasteiger charge is 2.51. The molecule has 1 saturated heterocycles. The van der Waals surface area contributed by atoms with E-state index in [0.29, 0.717) is 0 Å². The van der Waals surface area contributed by atoms with E-state index in [4.69, 9.17) is 30.8 Å². The lowest BCUT2D eigenvalue weighted by Gasteiger charge is -2.32. The van der Waals surface area contributed by atoms with Gasteiger partial charge in [-0.1, -0.05) is 208 Å². The van der Waals surface area contributed by atoms with Crippen molar-refractivity contribution < 1.29 is 19.4 Å². The van der Waals surface area contributed by atoms with Gasteiger partial charge in [0.05, 0.1) is 11.2 Å². The molecular weight excluding hydrogens is 843 g/mol. The predicted octanol–water partition coefficient (Wildman–Crippen LogP) is 15.6. The SMILES string of the molecule is CB(O)O.CC.CC.CC.CC.CC.CC.CC.CC.CC1(C)OB(c2ccc(N)cc2)OC1(C)C.Cc1ccccc1-c1ccc(N)cc1.Cc1ccccc1C.Cc1ccccc1C.[B].[B].[B]. The molecule has 0 unspecified atom stereocenters. The largest absolute Gasteiger partial charge is 0.494 e. The molecule has 0 aliphatic carbocycles. The highest BCUT2D eigenvalue weighted by molar-refractivity contribution is 6.62. The Labute approximate surface area is 436 Å². The van der Waals surface area contributed by atoms with Gasteiger partial charge >= 0.3 is 14.2 Å². The third-order valence-electron chi connectivity index (χ3n) is 8.68. The summed E-state index contributed by atoms with van der Waals surface area (Å²) in [5, 5.41) is 15.2. The van der Waals surface area contributed by atoms with Crippen molar-refractivity contribution in [3.05, 3.63) is 149 Å². The smallest absolute Gasteiger partial charge is 0.427 e. The topological polar surface area (TPSA) is 111 Å². The van der Waals surface area contributed by atoms with Crippen LogP contribution in [-0.2, 0) is 9.31 Å². The number of hydrogen-bond donors (Lipinski definition) is 4. The van der Waals surface area contributed by atoms with Crippen LogP contribution in [0, 0.1) is 34.6 Å². The standard InChI is InChI=1S/C13H13N.C12H18BNO2.2C8H10.8C2H6.CH5BO2.3B/c1-10-4-2-3-5-13(10)11-6-8-12(14)9-7-11;1-11(2)12(3,4)16-13(15-11)9-5-7-10(14)8-6-9;2*1-7-5-3-4-6-8(7)2;8*1-2;1-2(3)4;;;/h2-9H,14H2,1H3;5-8H,14H2,1-4H3;2*3-6H,1-2H3;8*1-2H3;3-4H,1H3;;;. The van der Waals surface area contributed by atoms with Crippen LogP contribution in [0.15, 0.2) is 121 Å². The molecule has 0 atom stereocenters. The molecule has 0 saturated carbocycles. The van der Waals surface area contributed by atoms with Crippen LogP contribution in [-0.4, -0.2) is 60.7 Å².